The lowest BCUT2D eigenvalue weighted by atomic mass is 9.90. The van der Waals surface area contributed by atoms with Crippen LogP contribution in [-0.2, 0) is 0 Å². The zero-order valence-electron chi connectivity index (χ0n) is 12.0. The molecule has 0 saturated carbocycles. The van der Waals surface area contributed by atoms with Crippen molar-refractivity contribution in [3.63, 3.8) is 0 Å². The normalized spacial score (nSPS) is 38.5. The molecule has 1 N–H and O–H groups in total. The Kier molecular flexibility index (Phi) is 4.11. The Morgan fingerprint density at radius 2 is 1.94 bits per heavy atom. The summed E-state index contributed by atoms with van der Waals surface area (Å²) in [6, 6.07) is 1.51. The fraction of sp³-hybridized carbons (Fsp3) is 1.00. The summed E-state index contributed by atoms with van der Waals surface area (Å²) in [4.78, 5) is 5.23. The van der Waals surface area contributed by atoms with Crippen molar-refractivity contribution in [2.24, 2.45) is 0 Å². The molecule has 2 atom stereocenters. The van der Waals surface area contributed by atoms with Crippen LogP contribution in [0.1, 0.15) is 40.0 Å². The summed E-state index contributed by atoms with van der Waals surface area (Å²) in [6.45, 7) is 12.0. The van der Waals surface area contributed by atoms with Crippen LogP contribution in [0.3, 0.4) is 0 Å². The van der Waals surface area contributed by atoms with Gasteiger partial charge in [0.05, 0.1) is 0 Å². The Labute approximate surface area is 107 Å². The highest BCUT2D eigenvalue weighted by atomic mass is 15.3. The van der Waals surface area contributed by atoms with Gasteiger partial charge in [-0.05, 0) is 53.2 Å². The van der Waals surface area contributed by atoms with Gasteiger partial charge in [-0.1, -0.05) is 6.92 Å². The lowest BCUT2D eigenvalue weighted by Crippen LogP contribution is -2.64. The van der Waals surface area contributed by atoms with Crippen LogP contribution in [0, 0.1) is 0 Å². The summed E-state index contributed by atoms with van der Waals surface area (Å²) in [5, 5.41) is 3.72. The molecule has 0 spiro atoms. The third-order valence-electron chi connectivity index (χ3n) is 4.86. The number of likely N-dealkylation sites (tertiary alicyclic amines) is 1. The van der Waals surface area contributed by atoms with Gasteiger partial charge in [0.1, 0.15) is 0 Å². The van der Waals surface area contributed by atoms with Gasteiger partial charge in [0.15, 0.2) is 0 Å². The molecule has 2 rings (SSSR count). The van der Waals surface area contributed by atoms with E-state index < -0.39 is 0 Å². The van der Waals surface area contributed by atoms with Gasteiger partial charge >= 0.3 is 0 Å². The number of nitrogens with one attached hydrogen (secondary N) is 1. The summed E-state index contributed by atoms with van der Waals surface area (Å²) in [7, 11) is 2.24. The molecule has 2 aliphatic rings. The smallest absolute Gasteiger partial charge is 0.0278 e. The minimum Gasteiger partial charge on any atom is -0.309 e. The van der Waals surface area contributed by atoms with Gasteiger partial charge in [0.2, 0.25) is 0 Å². The molecule has 2 fully saturated rings. The first-order chi connectivity index (χ1) is 8.04. The van der Waals surface area contributed by atoms with Crippen LogP contribution in [0.2, 0.25) is 0 Å². The summed E-state index contributed by atoms with van der Waals surface area (Å²) in [6.07, 6.45) is 3.92. The van der Waals surface area contributed by atoms with E-state index in [9.17, 15) is 0 Å². The first-order valence-electron chi connectivity index (χ1n) is 7.23. The van der Waals surface area contributed by atoms with Crippen LogP contribution in [0.15, 0.2) is 0 Å². The minimum absolute atomic E-state index is 0.329. The van der Waals surface area contributed by atoms with Gasteiger partial charge < -0.3 is 10.2 Å². The third kappa shape index (κ3) is 3.01. The number of nitrogens with zero attached hydrogens (tertiary/aromatic N) is 2. The lowest BCUT2D eigenvalue weighted by Gasteiger charge is -2.49. The van der Waals surface area contributed by atoms with Crippen molar-refractivity contribution in [1.29, 1.82) is 0 Å². The highest BCUT2D eigenvalue weighted by Crippen LogP contribution is 2.25. The Balaban J connectivity index is 1.98. The molecule has 0 aliphatic carbocycles. The van der Waals surface area contributed by atoms with Crippen LogP contribution in [0.4, 0.5) is 0 Å². The van der Waals surface area contributed by atoms with Gasteiger partial charge in [0, 0.05) is 30.7 Å². The molecule has 0 aromatic rings. The molecule has 0 radical (unpaired) electrons. The lowest BCUT2D eigenvalue weighted by molar-refractivity contribution is 0.0276. The first kappa shape index (κ1) is 13.3. The van der Waals surface area contributed by atoms with E-state index in [0.717, 1.165) is 12.6 Å². The summed E-state index contributed by atoms with van der Waals surface area (Å²) in [5.41, 5.74) is 0.329. The average Bonchev–Trinajstić information content (AvgIpc) is 2.34. The van der Waals surface area contributed by atoms with Crippen LogP contribution in [-0.4, -0.2) is 60.6 Å². The maximum atomic E-state index is 3.72. The highest BCUT2D eigenvalue weighted by molar-refractivity contribution is 4.96. The van der Waals surface area contributed by atoms with Gasteiger partial charge in [-0.3, -0.25) is 4.90 Å². The molecule has 17 heavy (non-hydrogen) atoms. The van der Waals surface area contributed by atoms with Crippen molar-refractivity contribution >= 4 is 0 Å². The van der Waals surface area contributed by atoms with Crippen molar-refractivity contribution in [1.82, 2.24) is 15.1 Å². The molecule has 3 heteroatoms. The van der Waals surface area contributed by atoms with E-state index in [0.29, 0.717) is 11.6 Å². The Morgan fingerprint density at radius 1 is 1.29 bits per heavy atom. The van der Waals surface area contributed by atoms with Crippen LogP contribution >= 0.6 is 0 Å². The minimum atomic E-state index is 0.329. The summed E-state index contributed by atoms with van der Waals surface area (Å²) < 4.78 is 0. The Morgan fingerprint density at radius 3 is 2.53 bits per heavy atom. The molecule has 0 bridgehead atoms. The van der Waals surface area contributed by atoms with Gasteiger partial charge in [0.25, 0.3) is 0 Å². The van der Waals surface area contributed by atoms with Crippen molar-refractivity contribution in [2.45, 2.75) is 57.7 Å². The molecular weight excluding hydrogens is 210 g/mol. The van der Waals surface area contributed by atoms with E-state index in [4.69, 9.17) is 0 Å². The number of hydrogen-bond acceptors (Lipinski definition) is 3. The molecular formula is C14H29N3. The second kappa shape index (κ2) is 5.25. The topological polar surface area (TPSA) is 18.5 Å². The summed E-state index contributed by atoms with van der Waals surface area (Å²) in [5.74, 6) is 0. The van der Waals surface area contributed by atoms with Gasteiger partial charge in [-0.25, -0.2) is 0 Å². The van der Waals surface area contributed by atoms with E-state index in [-0.39, 0.29) is 0 Å². The average molecular weight is 239 g/mol. The Hall–Kier alpha value is -0.120. The second-order valence-electron chi connectivity index (χ2n) is 6.35. The third-order valence-corrected chi connectivity index (χ3v) is 4.86. The van der Waals surface area contributed by atoms with E-state index >= 15 is 0 Å². The number of piperazine rings is 1. The number of hydrogen-bond donors (Lipinski definition) is 1. The van der Waals surface area contributed by atoms with Crippen LogP contribution < -0.4 is 5.32 Å². The molecule has 0 aromatic carbocycles. The molecule has 3 nitrogen and oxygen atoms in total. The number of piperidine rings is 1. The first-order valence-corrected chi connectivity index (χ1v) is 7.23. The monoisotopic (exact) mass is 239 g/mol. The fourth-order valence-electron chi connectivity index (χ4n) is 3.18. The predicted molar refractivity (Wildman–Crippen MR) is 73.4 cm³/mol. The largest absolute Gasteiger partial charge is 0.309 e. The fourth-order valence-corrected chi connectivity index (χ4v) is 3.18. The van der Waals surface area contributed by atoms with E-state index in [1.165, 1.54) is 38.9 Å². The summed E-state index contributed by atoms with van der Waals surface area (Å²) >= 11 is 0. The second-order valence-corrected chi connectivity index (χ2v) is 6.35. The predicted octanol–water partition coefficient (Wildman–Crippen LogP) is 1.54. The molecule has 2 saturated heterocycles. The molecule has 0 amide bonds. The number of rotatable bonds is 2. The maximum absolute atomic E-state index is 3.72. The SMILES string of the molecule is CCC1(C)CN(C2CCN(C)CC2)C(C)CN1. The van der Waals surface area contributed by atoms with Crippen molar-refractivity contribution in [3.8, 4) is 0 Å². The molecule has 100 valence electrons. The molecule has 2 unspecified atom stereocenters. The van der Waals surface area contributed by atoms with Crippen molar-refractivity contribution < 1.29 is 0 Å². The van der Waals surface area contributed by atoms with Crippen molar-refractivity contribution in [2.75, 3.05) is 33.2 Å². The zero-order chi connectivity index (χ0) is 12.5. The maximum Gasteiger partial charge on any atom is 0.0278 e. The molecule has 0 aromatic heterocycles. The highest BCUT2D eigenvalue weighted by Gasteiger charge is 2.36. The molecule has 2 heterocycles. The quantitative estimate of drug-likeness (QED) is 0.788. The van der Waals surface area contributed by atoms with E-state index in [1.54, 1.807) is 0 Å². The van der Waals surface area contributed by atoms with Crippen LogP contribution in [0.5, 0.6) is 0 Å². The Bertz CT molecular complexity index is 248. The van der Waals surface area contributed by atoms with Crippen molar-refractivity contribution in [3.05, 3.63) is 0 Å². The molecule has 2 aliphatic heterocycles. The van der Waals surface area contributed by atoms with E-state index in [2.05, 4.69) is 42.9 Å². The van der Waals surface area contributed by atoms with E-state index in [1.807, 2.05) is 0 Å². The van der Waals surface area contributed by atoms with Gasteiger partial charge in [-0.15, -0.1) is 0 Å². The van der Waals surface area contributed by atoms with Crippen LogP contribution in [0.25, 0.3) is 0 Å². The standard InChI is InChI=1S/C14H29N3/c1-5-14(3)11-17(12(2)10-15-14)13-6-8-16(4)9-7-13/h12-13,15H,5-11H2,1-4H3. The van der Waals surface area contributed by atoms with Gasteiger partial charge in [-0.2, -0.15) is 0 Å². The zero-order valence-corrected chi connectivity index (χ0v) is 12.0.